The number of ketones is 1. The number of aromatic nitrogens is 2. The van der Waals surface area contributed by atoms with E-state index < -0.39 is 0 Å². The molecule has 66 valence electrons. The second-order valence-electron chi connectivity index (χ2n) is 2.67. The zero-order chi connectivity index (χ0) is 9.10. The monoisotopic (exact) mass is 192 g/mol. The van der Waals surface area contributed by atoms with E-state index in [-0.39, 0.29) is 5.78 Å². The average molecular weight is 192 g/mol. The van der Waals surface area contributed by atoms with Crippen LogP contribution in [0.1, 0.15) is 10.4 Å². The van der Waals surface area contributed by atoms with Gasteiger partial charge in [0, 0.05) is 23.3 Å². The van der Waals surface area contributed by atoms with Crippen LogP contribution in [-0.4, -0.2) is 15.3 Å². The van der Waals surface area contributed by atoms with Crippen LogP contribution in [0.4, 0.5) is 0 Å². The molecular formula is C9H8N2OS. The third-order valence-electron chi connectivity index (χ3n) is 1.73. The molecule has 13 heavy (non-hydrogen) atoms. The van der Waals surface area contributed by atoms with Gasteiger partial charge in [0.25, 0.3) is 0 Å². The van der Waals surface area contributed by atoms with Crippen LogP contribution in [0.25, 0.3) is 0 Å². The predicted octanol–water partition coefficient (Wildman–Crippen LogP) is 1.83. The quantitative estimate of drug-likeness (QED) is 0.695. The second-order valence-corrected chi connectivity index (χ2v) is 3.45. The first kappa shape index (κ1) is 8.19. The lowest BCUT2D eigenvalue weighted by Gasteiger charge is -1.98. The van der Waals surface area contributed by atoms with Gasteiger partial charge in [-0.15, -0.1) is 0 Å². The van der Waals surface area contributed by atoms with Crippen LogP contribution < -0.4 is 0 Å². The van der Waals surface area contributed by atoms with E-state index in [1.165, 1.54) is 11.3 Å². The highest BCUT2D eigenvalue weighted by atomic mass is 32.1. The van der Waals surface area contributed by atoms with Gasteiger partial charge in [-0.05, 0) is 11.4 Å². The van der Waals surface area contributed by atoms with E-state index in [0.717, 1.165) is 5.56 Å². The summed E-state index contributed by atoms with van der Waals surface area (Å²) in [5, 5.41) is 3.76. The molecule has 0 aliphatic carbocycles. The fourth-order valence-corrected chi connectivity index (χ4v) is 1.72. The van der Waals surface area contributed by atoms with Gasteiger partial charge < -0.3 is 4.57 Å². The van der Waals surface area contributed by atoms with Gasteiger partial charge in [0.05, 0.1) is 12.9 Å². The third kappa shape index (κ3) is 1.84. The molecule has 2 aromatic rings. The van der Waals surface area contributed by atoms with E-state index >= 15 is 0 Å². The molecule has 0 spiro atoms. The third-order valence-corrected chi connectivity index (χ3v) is 2.41. The van der Waals surface area contributed by atoms with E-state index in [4.69, 9.17) is 0 Å². The van der Waals surface area contributed by atoms with Crippen molar-refractivity contribution >= 4 is 17.1 Å². The summed E-state index contributed by atoms with van der Waals surface area (Å²) in [6.45, 7) is 0.372. The minimum absolute atomic E-state index is 0.124. The second kappa shape index (κ2) is 3.53. The summed E-state index contributed by atoms with van der Waals surface area (Å²) in [6.07, 6.45) is 5.09. The molecule has 0 aliphatic rings. The molecule has 0 atom stereocenters. The zero-order valence-electron chi connectivity index (χ0n) is 6.88. The topological polar surface area (TPSA) is 34.9 Å². The number of carbonyl (C=O) groups excluding carboxylic acids is 1. The Labute approximate surface area is 79.7 Å². The van der Waals surface area contributed by atoms with Crippen LogP contribution in [0.2, 0.25) is 0 Å². The number of imidazole rings is 1. The highest BCUT2D eigenvalue weighted by Gasteiger charge is 2.05. The van der Waals surface area contributed by atoms with Crippen LogP contribution in [-0.2, 0) is 6.54 Å². The molecule has 0 saturated heterocycles. The summed E-state index contributed by atoms with van der Waals surface area (Å²) < 4.78 is 1.76. The molecule has 0 amide bonds. The fourth-order valence-electron chi connectivity index (χ4n) is 1.06. The number of nitrogens with zero attached hydrogens (tertiary/aromatic N) is 2. The SMILES string of the molecule is O=C(Cn1ccnc1)c1ccsc1. The Morgan fingerprint density at radius 2 is 2.54 bits per heavy atom. The smallest absolute Gasteiger partial charge is 0.183 e. The van der Waals surface area contributed by atoms with Gasteiger partial charge >= 0.3 is 0 Å². The molecule has 0 unspecified atom stereocenters. The molecule has 2 aromatic heterocycles. The summed E-state index contributed by atoms with van der Waals surface area (Å²) in [5.41, 5.74) is 0.777. The predicted molar refractivity (Wildman–Crippen MR) is 50.9 cm³/mol. The Kier molecular flexibility index (Phi) is 2.23. The average Bonchev–Trinajstić information content (AvgIpc) is 2.74. The van der Waals surface area contributed by atoms with Gasteiger partial charge in [-0.3, -0.25) is 4.79 Å². The Morgan fingerprint density at radius 1 is 1.62 bits per heavy atom. The largest absolute Gasteiger partial charge is 0.330 e. The van der Waals surface area contributed by atoms with Gasteiger partial charge in [0.2, 0.25) is 0 Å². The molecule has 3 nitrogen and oxygen atoms in total. The normalized spacial score (nSPS) is 10.2. The molecule has 0 radical (unpaired) electrons. The molecule has 0 aliphatic heterocycles. The molecule has 2 heterocycles. The van der Waals surface area contributed by atoms with Gasteiger partial charge in [-0.2, -0.15) is 11.3 Å². The van der Waals surface area contributed by atoms with Gasteiger partial charge in [0.1, 0.15) is 0 Å². The highest BCUT2D eigenvalue weighted by Crippen LogP contribution is 2.07. The molecule has 4 heteroatoms. The van der Waals surface area contributed by atoms with Gasteiger partial charge in [-0.25, -0.2) is 4.98 Å². The van der Waals surface area contributed by atoms with Crippen molar-refractivity contribution in [2.24, 2.45) is 0 Å². The summed E-state index contributed by atoms with van der Waals surface area (Å²) >= 11 is 1.53. The number of carbonyl (C=O) groups is 1. The van der Waals surface area contributed by atoms with Crippen LogP contribution in [0.3, 0.4) is 0 Å². The van der Waals surface area contributed by atoms with Crippen molar-refractivity contribution in [1.82, 2.24) is 9.55 Å². The number of Topliss-reactive ketones (excluding diaryl/α,β-unsaturated/α-hetero) is 1. The van der Waals surface area contributed by atoms with Gasteiger partial charge in [-0.1, -0.05) is 0 Å². The Bertz CT molecular complexity index is 378. The molecule has 0 bridgehead atoms. The zero-order valence-corrected chi connectivity index (χ0v) is 7.70. The Hall–Kier alpha value is -1.42. The van der Waals surface area contributed by atoms with E-state index in [9.17, 15) is 4.79 Å². The lowest BCUT2D eigenvalue weighted by molar-refractivity contribution is 0.0972. The lowest BCUT2D eigenvalue weighted by Crippen LogP contribution is -2.07. The standard InChI is InChI=1S/C9H8N2OS/c12-9(8-1-4-13-6-8)5-11-3-2-10-7-11/h1-4,6-7H,5H2. The van der Waals surface area contributed by atoms with E-state index in [1.54, 1.807) is 23.3 Å². The number of rotatable bonds is 3. The van der Waals surface area contributed by atoms with Crippen molar-refractivity contribution in [2.45, 2.75) is 6.54 Å². The van der Waals surface area contributed by atoms with Crippen molar-refractivity contribution in [3.8, 4) is 0 Å². The first-order chi connectivity index (χ1) is 6.36. The number of hydrogen-bond acceptors (Lipinski definition) is 3. The summed E-state index contributed by atoms with van der Waals surface area (Å²) in [5.74, 6) is 0.124. The van der Waals surface area contributed by atoms with Crippen molar-refractivity contribution in [1.29, 1.82) is 0 Å². The van der Waals surface area contributed by atoms with Crippen LogP contribution in [0, 0.1) is 0 Å². The number of thiophene rings is 1. The fraction of sp³-hybridized carbons (Fsp3) is 0.111. The first-order valence-corrected chi connectivity index (χ1v) is 4.81. The molecule has 0 saturated carbocycles. The Balaban J connectivity index is 2.08. The maximum absolute atomic E-state index is 11.5. The van der Waals surface area contributed by atoms with Crippen molar-refractivity contribution in [3.63, 3.8) is 0 Å². The Morgan fingerprint density at radius 3 is 3.15 bits per heavy atom. The minimum atomic E-state index is 0.124. The minimum Gasteiger partial charge on any atom is -0.330 e. The highest BCUT2D eigenvalue weighted by molar-refractivity contribution is 7.08. The summed E-state index contributed by atoms with van der Waals surface area (Å²) in [6, 6.07) is 1.84. The maximum Gasteiger partial charge on any atom is 0.183 e. The van der Waals surface area contributed by atoms with Gasteiger partial charge in [0.15, 0.2) is 5.78 Å². The van der Waals surface area contributed by atoms with Crippen molar-refractivity contribution in [3.05, 3.63) is 41.1 Å². The van der Waals surface area contributed by atoms with Crippen molar-refractivity contribution < 1.29 is 4.79 Å². The summed E-state index contributed by atoms with van der Waals surface area (Å²) in [4.78, 5) is 15.4. The summed E-state index contributed by atoms with van der Waals surface area (Å²) in [7, 11) is 0. The molecule has 2 rings (SSSR count). The maximum atomic E-state index is 11.5. The number of hydrogen-bond donors (Lipinski definition) is 0. The van der Waals surface area contributed by atoms with E-state index in [1.807, 2.05) is 16.8 Å². The van der Waals surface area contributed by atoms with E-state index in [2.05, 4.69) is 4.98 Å². The molecule has 0 N–H and O–H groups in total. The molecular weight excluding hydrogens is 184 g/mol. The molecule has 0 fully saturated rings. The van der Waals surface area contributed by atoms with Crippen LogP contribution in [0.15, 0.2) is 35.5 Å². The van der Waals surface area contributed by atoms with Crippen molar-refractivity contribution in [2.75, 3.05) is 0 Å². The van der Waals surface area contributed by atoms with Crippen LogP contribution >= 0.6 is 11.3 Å². The lowest BCUT2D eigenvalue weighted by atomic mass is 10.2. The first-order valence-electron chi connectivity index (χ1n) is 3.87. The van der Waals surface area contributed by atoms with E-state index in [0.29, 0.717) is 6.54 Å². The molecule has 0 aromatic carbocycles. The van der Waals surface area contributed by atoms with Crippen LogP contribution in [0.5, 0.6) is 0 Å².